The minimum Gasteiger partial charge on any atom is -0.298 e. The molecule has 0 saturated heterocycles. The van der Waals surface area contributed by atoms with Gasteiger partial charge in [0.25, 0.3) is 0 Å². The molecule has 0 spiro atoms. The van der Waals surface area contributed by atoms with Gasteiger partial charge in [0.2, 0.25) is 10.0 Å². The van der Waals surface area contributed by atoms with E-state index in [1.165, 1.54) is 25.2 Å². The van der Waals surface area contributed by atoms with Gasteiger partial charge >= 0.3 is 0 Å². The summed E-state index contributed by atoms with van der Waals surface area (Å²) < 4.78 is 24.9. The van der Waals surface area contributed by atoms with Gasteiger partial charge in [-0.05, 0) is 19.2 Å². The first-order chi connectivity index (χ1) is 6.51. The SMILES string of the molecule is CNS(=O)(=O)c1cc(C=O)ccc1Cl. The molecule has 1 aromatic carbocycles. The van der Waals surface area contributed by atoms with Crippen molar-refractivity contribution in [2.75, 3.05) is 7.05 Å². The second-order valence-corrected chi connectivity index (χ2v) is 4.78. The first-order valence-electron chi connectivity index (χ1n) is 3.69. The normalized spacial score (nSPS) is 11.3. The zero-order valence-corrected chi connectivity index (χ0v) is 8.89. The van der Waals surface area contributed by atoms with E-state index < -0.39 is 10.0 Å². The Bertz CT molecular complexity index is 456. The smallest absolute Gasteiger partial charge is 0.241 e. The van der Waals surface area contributed by atoms with E-state index in [0.717, 1.165) is 0 Å². The molecule has 1 rings (SSSR count). The maximum atomic E-state index is 11.4. The van der Waals surface area contributed by atoms with Crippen LogP contribution in [0.4, 0.5) is 0 Å². The van der Waals surface area contributed by atoms with Crippen LogP contribution in [0.2, 0.25) is 5.02 Å². The Hall–Kier alpha value is -0.910. The van der Waals surface area contributed by atoms with Crippen molar-refractivity contribution >= 4 is 27.9 Å². The standard InChI is InChI=1S/C8H8ClNO3S/c1-10-14(12,13)8-4-6(5-11)2-3-7(8)9/h2-5,10H,1H3. The first kappa shape index (κ1) is 11.2. The molecule has 76 valence electrons. The fraction of sp³-hybridized carbons (Fsp3) is 0.125. The predicted octanol–water partition coefficient (Wildman–Crippen LogP) is 1.06. The minimum absolute atomic E-state index is 0.0879. The molecule has 0 amide bonds. The van der Waals surface area contributed by atoms with Gasteiger partial charge in [0.05, 0.1) is 5.02 Å². The Balaban J connectivity index is 3.40. The number of nitrogens with one attached hydrogen (secondary N) is 1. The van der Waals surface area contributed by atoms with Crippen LogP contribution in [0.15, 0.2) is 23.1 Å². The number of rotatable bonds is 3. The van der Waals surface area contributed by atoms with Crippen molar-refractivity contribution in [1.29, 1.82) is 0 Å². The third-order valence-corrected chi connectivity index (χ3v) is 3.55. The molecule has 0 aromatic heterocycles. The Kier molecular flexibility index (Phi) is 3.25. The monoisotopic (exact) mass is 233 g/mol. The molecule has 14 heavy (non-hydrogen) atoms. The minimum atomic E-state index is -3.60. The van der Waals surface area contributed by atoms with Crippen LogP contribution in [0, 0.1) is 0 Å². The first-order valence-corrected chi connectivity index (χ1v) is 5.55. The third-order valence-electron chi connectivity index (χ3n) is 1.65. The summed E-state index contributed by atoms with van der Waals surface area (Å²) in [5.74, 6) is 0. The average Bonchev–Trinajstić information content (AvgIpc) is 2.18. The van der Waals surface area contributed by atoms with Gasteiger partial charge in [0.1, 0.15) is 11.2 Å². The van der Waals surface area contributed by atoms with Gasteiger partial charge in [-0.1, -0.05) is 17.7 Å². The average molecular weight is 234 g/mol. The van der Waals surface area contributed by atoms with Gasteiger partial charge < -0.3 is 0 Å². The summed E-state index contributed by atoms with van der Waals surface area (Å²) in [7, 11) is -2.33. The van der Waals surface area contributed by atoms with Crippen molar-refractivity contribution in [2.45, 2.75) is 4.90 Å². The molecule has 1 aromatic rings. The summed E-state index contributed by atoms with van der Waals surface area (Å²) in [4.78, 5) is 10.3. The predicted molar refractivity (Wildman–Crippen MR) is 53.1 cm³/mol. The molecule has 6 heteroatoms. The van der Waals surface area contributed by atoms with E-state index in [1.54, 1.807) is 0 Å². The zero-order chi connectivity index (χ0) is 10.8. The van der Waals surface area contributed by atoms with Gasteiger partial charge in [-0.2, -0.15) is 0 Å². The highest BCUT2D eigenvalue weighted by molar-refractivity contribution is 7.89. The number of carbonyl (C=O) groups excluding carboxylic acids is 1. The van der Waals surface area contributed by atoms with Gasteiger partial charge in [-0.25, -0.2) is 13.1 Å². The molecule has 0 atom stereocenters. The highest BCUT2D eigenvalue weighted by atomic mass is 35.5. The van der Waals surface area contributed by atoms with Crippen molar-refractivity contribution in [3.63, 3.8) is 0 Å². The molecule has 0 fully saturated rings. The second kappa shape index (κ2) is 4.08. The van der Waals surface area contributed by atoms with Gasteiger partial charge in [-0.3, -0.25) is 4.79 Å². The quantitative estimate of drug-likeness (QED) is 0.794. The molecule has 0 saturated carbocycles. The zero-order valence-electron chi connectivity index (χ0n) is 7.32. The largest absolute Gasteiger partial charge is 0.298 e. The van der Waals surface area contributed by atoms with Crippen molar-refractivity contribution in [1.82, 2.24) is 4.72 Å². The molecule has 0 heterocycles. The van der Waals surface area contributed by atoms with E-state index in [-0.39, 0.29) is 15.5 Å². The molecule has 0 aliphatic carbocycles. The van der Waals surface area contributed by atoms with Crippen LogP contribution < -0.4 is 4.72 Å². The van der Waals surface area contributed by atoms with Crippen molar-refractivity contribution in [3.05, 3.63) is 28.8 Å². The summed E-state index contributed by atoms with van der Waals surface area (Å²) in [5.41, 5.74) is 0.267. The Morgan fingerprint density at radius 2 is 2.07 bits per heavy atom. The molecule has 1 N–H and O–H groups in total. The van der Waals surface area contributed by atoms with E-state index in [4.69, 9.17) is 11.6 Å². The number of carbonyl (C=O) groups is 1. The molecule has 0 aliphatic heterocycles. The number of benzene rings is 1. The lowest BCUT2D eigenvalue weighted by Crippen LogP contribution is -2.19. The van der Waals surface area contributed by atoms with Crippen LogP contribution in [0.5, 0.6) is 0 Å². The van der Waals surface area contributed by atoms with E-state index in [1.807, 2.05) is 0 Å². The van der Waals surface area contributed by atoms with Gasteiger partial charge in [0, 0.05) is 5.56 Å². The van der Waals surface area contributed by atoms with Crippen LogP contribution in [0.25, 0.3) is 0 Å². The number of sulfonamides is 1. The van der Waals surface area contributed by atoms with Crippen molar-refractivity contribution < 1.29 is 13.2 Å². The number of aldehydes is 1. The highest BCUT2D eigenvalue weighted by Gasteiger charge is 2.15. The van der Waals surface area contributed by atoms with E-state index in [9.17, 15) is 13.2 Å². The van der Waals surface area contributed by atoms with Crippen molar-refractivity contribution in [2.24, 2.45) is 0 Å². The van der Waals surface area contributed by atoms with Crippen LogP contribution in [0.3, 0.4) is 0 Å². The molecular formula is C8H8ClNO3S. The molecule has 0 bridgehead atoms. The number of halogens is 1. The lowest BCUT2D eigenvalue weighted by Gasteiger charge is -2.04. The van der Waals surface area contributed by atoms with Gasteiger partial charge in [0.15, 0.2) is 0 Å². The highest BCUT2D eigenvalue weighted by Crippen LogP contribution is 2.21. The number of hydrogen-bond donors (Lipinski definition) is 1. The number of hydrogen-bond acceptors (Lipinski definition) is 3. The fourth-order valence-electron chi connectivity index (χ4n) is 0.909. The molecule has 0 unspecified atom stereocenters. The summed E-state index contributed by atoms with van der Waals surface area (Å²) >= 11 is 5.68. The van der Waals surface area contributed by atoms with Crippen molar-refractivity contribution in [3.8, 4) is 0 Å². The third kappa shape index (κ3) is 2.12. The Labute approximate surface area is 86.9 Å². The molecular weight excluding hydrogens is 226 g/mol. The summed E-state index contributed by atoms with van der Waals surface area (Å²) in [6.07, 6.45) is 0.561. The maximum Gasteiger partial charge on any atom is 0.241 e. The van der Waals surface area contributed by atoms with Crippen LogP contribution in [-0.4, -0.2) is 21.8 Å². The Morgan fingerprint density at radius 1 is 1.43 bits per heavy atom. The van der Waals surface area contributed by atoms with Crippen LogP contribution in [0.1, 0.15) is 10.4 Å². The van der Waals surface area contributed by atoms with Gasteiger partial charge in [-0.15, -0.1) is 0 Å². The Morgan fingerprint density at radius 3 is 2.57 bits per heavy atom. The van der Waals surface area contributed by atoms with E-state index in [0.29, 0.717) is 6.29 Å². The summed E-state index contributed by atoms with van der Waals surface area (Å²) in [6, 6.07) is 4.04. The lowest BCUT2D eigenvalue weighted by atomic mass is 10.2. The molecule has 0 aliphatic rings. The fourth-order valence-corrected chi connectivity index (χ4v) is 2.17. The van der Waals surface area contributed by atoms with Crippen LogP contribution in [-0.2, 0) is 10.0 Å². The second-order valence-electron chi connectivity index (χ2n) is 2.52. The maximum absolute atomic E-state index is 11.4. The molecule has 0 radical (unpaired) electrons. The van der Waals surface area contributed by atoms with Crippen LogP contribution >= 0.6 is 11.6 Å². The topological polar surface area (TPSA) is 63.2 Å². The van der Waals surface area contributed by atoms with E-state index >= 15 is 0 Å². The molecule has 4 nitrogen and oxygen atoms in total. The van der Waals surface area contributed by atoms with E-state index in [2.05, 4.69) is 4.72 Å². The summed E-state index contributed by atoms with van der Waals surface area (Å²) in [6.45, 7) is 0. The summed E-state index contributed by atoms with van der Waals surface area (Å²) in [5, 5.41) is 0.0879. The lowest BCUT2D eigenvalue weighted by molar-refractivity contribution is 0.112.